The molecule has 128 valence electrons. The van der Waals surface area contributed by atoms with E-state index in [0.717, 1.165) is 38.7 Å². The van der Waals surface area contributed by atoms with Gasteiger partial charge in [-0.05, 0) is 47.2 Å². The quantitative estimate of drug-likeness (QED) is 0.613. The van der Waals surface area contributed by atoms with Crippen molar-refractivity contribution in [3.05, 3.63) is 73.1 Å². The lowest BCUT2D eigenvalue weighted by Gasteiger charge is -2.12. The summed E-state index contributed by atoms with van der Waals surface area (Å²) in [6.45, 7) is 6.03. The molecule has 5 nitrogen and oxygen atoms in total. The van der Waals surface area contributed by atoms with Crippen LogP contribution < -0.4 is 5.32 Å². The molecule has 0 aliphatic rings. The number of allylic oxidation sites excluding steroid dienone is 1. The molecule has 5 heteroatoms. The number of carbonyl (C=O) groups is 1. The number of amides is 1. The van der Waals surface area contributed by atoms with Crippen molar-refractivity contribution in [3.63, 3.8) is 0 Å². The average Bonchev–Trinajstić information content (AvgIpc) is 3.10. The van der Waals surface area contributed by atoms with E-state index in [-0.39, 0.29) is 5.91 Å². The van der Waals surface area contributed by atoms with Gasteiger partial charge in [-0.3, -0.25) is 14.2 Å². The Bertz CT molecular complexity index is 1170. The predicted molar refractivity (Wildman–Crippen MR) is 104 cm³/mol. The molecule has 0 aliphatic heterocycles. The third kappa shape index (κ3) is 2.45. The van der Waals surface area contributed by atoms with Gasteiger partial charge in [0.25, 0.3) is 5.91 Å². The standard InChI is InChI=1S/C21H18N4O/c1-13(2)18-9-15(10-19-20(21(26)22-3)24-12-25(18)19)16-6-4-5-14-7-8-23-11-17(14)16/h4-12H,1H2,2-3H3,(H,22,26). The van der Waals surface area contributed by atoms with Crippen LogP contribution in [0.1, 0.15) is 23.1 Å². The van der Waals surface area contributed by atoms with Crippen molar-refractivity contribution in [1.82, 2.24) is 19.7 Å². The molecule has 1 aromatic carbocycles. The van der Waals surface area contributed by atoms with Gasteiger partial charge in [0.05, 0.1) is 11.2 Å². The number of fused-ring (bicyclic) bond motifs is 2. The van der Waals surface area contributed by atoms with E-state index >= 15 is 0 Å². The Morgan fingerprint density at radius 2 is 2.08 bits per heavy atom. The van der Waals surface area contributed by atoms with E-state index in [1.54, 1.807) is 19.6 Å². The fourth-order valence-corrected chi connectivity index (χ4v) is 3.24. The fraction of sp³-hybridized carbons (Fsp3) is 0.0952. The number of nitrogens with zero attached hydrogens (tertiary/aromatic N) is 3. The highest BCUT2D eigenvalue weighted by molar-refractivity contribution is 6.01. The zero-order valence-corrected chi connectivity index (χ0v) is 14.7. The van der Waals surface area contributed by atoms with Crippen molar-refractivity contribution in [2.75, 3.05) is 7.05 Å². The second-order valence-electron chi connectivity index (χ2n) is 6.24. The van der Waals surface area contributed by atoms with Crippen molar-refractivity contribution in [2.24, 2.45) is 0 Å². The Hall–Kier alpha value is -3.47. The van der Waals surface area contributed by atoms with E-state index in [1.165, 1.54) is 0 Å². The molecule has 4 aromatic rings. The molecule has 4 rings (SSSR count). The van der Waals surface area contributed by atoms with Gasteiger partial charge in [-0.25, -0.2) is 4.98 Å². The monoisotopic (exact) mass is 342 g/mol. The van der Waals surface area contributed by atoms with Gasteiger partial charge in [0.1, 0.15) is 6.33 Å². The van der Waals surface area contributed by atoms with E-state index in [4.69, 9.17) is 0 Å². The van der Waals surface area contributed by atoms with Gasteiger partial charge in [-0.1, -0.05) is 24.8 Å². The van der Waals surface area contributed by atoms with Gasteiger partial charge >= 0.3 is 0 Å². The van der Waals surface area contributed by atoms with Crippen molar-refractivity contribution in [1.29, 1.82) is 0 Å². The van der Waals surface area contributed by atoms with Crippen LogP contribution in [0.4, 0.5) is 0 Å². The van der Waals surface area contributed by atoms with E-state index in [9.17, 15) is 4.79 Å². The summed E-state index contributed by atoms with van der Waals surface area (Å²) >= 11 is 0. The van der Waals surface area contributed by atoms with Gasteiger partial charge in [-0.2, -0.15) is 0 Å². The van der Waals surface area contributed by atoms with Gasteiger partial charge in [0.15, 0.2) is 5.69 Å². The third-order valence-corrected chi connectivity index (χ3v) is 4.52. The highest BCUT2D eigenvalue weighted by Gasteiger charge is 2.16. The Morgan fingerprint density at radius 1 is 1.23 bits per heavy atom. The lowest BCUT2D eigenvalue weighted by atomic mass is 9.98. The number of imidazole rings is 1. The van der Waals surface area contributed by atoms with E-state index in [2.05, 4.69) is 40.1 Å². The summed E-state index contributed by atoms with van der Waals surface area (Å²) in [6, 6.07) is 12.2. The Morgan fingerprint density at radius 3 is 2.85 bits per heavy atom. The lowest BCUT2D eigenvalue weighted by Crippen LogP contribution is -2.18. The SMILES string of the molecule is C=C(C)c1cc(-c2cccc3ccncc23)cc2c(C(=O)NC)ncn12. The highest BCUT2D eigenvalue weighted by atomic mass is 16.1. The second kappa shape index (κ2) is 6.11. The minimum atomic E-state index is -0.211. The summed E-state index contributed by atoms with van der Waals surface area (Å²) in [5.41, 5.74) is 5.03. The molecule has 0 radical (unpaired) electrons. The normalized spacial score (nSPS) is 11.0. The molecule has 0 saturated heterocycles. The molecular formula is C21H18N4O. The molecule has 0 bridgehead atoms. The minimum Gasteiger partial charge on any atom is -0.354 e. The number of benzene rings is 1. The Kier molecular flexibility index (Phi) is 3.77. The molecule has 26 heavy (non-hydrogen) atoms. The zero-order chi connectivity index (χ0) is 18.3. The average molecular weight is 342 g/mol. The predicted octanol–water partition coefficient (Wildman–Crippen LogP) is 3.94. The van der Waals surface area contributed by atoms with Gasteiger partial charge in [0, 0.05) is 24.8 Å². The molecular weight excluding hydrogens is 324 g/mol. The van der Waals surface area contributed by atoms with Crippen LogP contribution in [0, 0.1) is 0 Å². The number of hydrogen-bond acceptors (Lipinski definition) is 3. The van der Waals surface area contributed by atoms with Crippen LogP contribution >= 0.6 is 0 Å². The molecule has 0 saturated carbocycles. The lowest BCUT2D eigenvalue weighted by molar-refractivity contribution is 0.0960. The highest BCUT2D eigenvalue weighted by Crippen LogP contribution is 2.31. The first kappa shape index (κ1) is 16.0. The minimum absolute atomic E-state index is 0.211. The van der Waals surface area contributed by atoms with Crippen LogP contribution in [0.25, 0.3) is 33.0 Å². The van der Waals surface area contributed by atoms with E-state index < -0.39 is 0 Å². The van der Waals surface area contributed by atoms with Gasteiger partial charge in [-0.15, -0.1) is 0 Å². The van der Waals surface area contributed by atoms with E-state index in [0.29, 0.717) is 5.69 Å². The van der Waals surface area contributed by atoms with Gasteiger partial charge < -0.3 is 5.32 Å². The van der Waals surface area contributed by atoms with E-state index in [1.807, 2.05) is 35.7 Å². The molecule has 0 aliphatic carbocycles. The number of rotatable bonds is 3. The molecule has 0 atom stereocenters. The first-order valence-corrected chi connectivity index (χ1v) is 8.32. The number of pyridine rings is 2. The summed E-state index contributed by atoms with van der Waals surface area (Å²) < 4.78 is 1.90. The molecule has 3 aromatic heterocycles. The number of aromatic nitrogens is 3. The molecule has 1 amide bonds. The molecule has 0 fully saturated rings. The number of carbonyl (C=O) groups excluding carboxylic acids is 1. The number of hydrogen-bond donors (Lipinski definition) is 1. The van der Waals surface area contributed by atoms with Crippen LogP contribution in [0.5, 0.6) is 0 Å². The maximum atomic E-state index is 12.2. The second-order valence-corrected chi connectivity index (χ2v) is 6.24. The summed E-state index contributed by atoms with van der Waals surface area (Å²) in [4.78, 5) is 20.8. The summed E-state index contributed by atoms with van der Waals surface area (Å²) in [6.07, 6.45) is 5.32. The van der Waals surface area contributed by atoms with Crippen molar-refractivity contribution in [3.8, 4) is 11.1 Å². The summed E-state index contributed by atoms with van der Waals surface area (Å²) in [5.74, 6) is -0.211. The topological polar surface area (TPSA) is 59.3 Å². The van der Waals surface area contributed by atoms with Gasteiger partial charge in [0.2, 0.25) is 0 Å². The summed E-state index contributed by atoms with van der Waals surface area (Å²) in [5, 5.41) is 4.83. The largest absolute Gasteiger partial charge is 0.354 e. The van der Waals surface area contributed by atoms with Crippen LogP contribution in [0.15, 0.2) is 61.7 Å². The third-order valence-electron chi connectivity index (χ3n) is 4.52. The van der Waals surface area contributed by atoms with Crippen molar-refractivity contribution >= 4 is 27.8 Å². The molecule has 0 spiro atoms. The summed E-state index contributed by atoms with van der Waals surface area (Å²) in [7, 11) is 1.60. The van der Waals surface area contributed by atoms with Crippen LogP contribution in [-0.2, 0) is 0 Å². The van der Waals surface area contributed by atoms with Crippen molar-refractivity contribution < 1.29 is 4.79 Å². The van der Waals surface area contributed by atoms with Crippen LogP contribution in [-0.4, -0.2) is 27.3 Å². The first-order valence-electron chi connectivity index (χ1n) is 8.32. The smallest absolute Gasteiger partial charge is 0.271 e. The molecule has 3 heterocycles. The zero-order valence-electron chi connectivity index (χ0n) is 14.7. The van der Waals surface area contributed by atoms with Crippen LogP contribution in [0.3, 0.4) is 0 Å². The fourth-order valence-electron chi connectivity index (χ4n) is 3.24. The van der Waals surface area contributed by atoms with Crippen molar-refractivity contribution in [2.45, 2.75) is 6.92 Å². The number of nitrogens with one attached hydrogen (secondary N) is 1. The molecule has 0 unspecified atom stereocenters. The first-order chi connectivity index (χ1) is 12.6. The Labute approximate surface area is 151 Å². The Balaban J connectivity index is 2.06. The molecule has 1 N–H and O–H groups in total. The maximum Gasteiger partial charge on any atom is 0.271 e. The maximum absolute atomic E-state index is 12.2. The van der Waals surface area contributed by atoms with Crippen LogP contribution in [0.2, 0.25) is 0 Å².